The van der Waals surface area contributed by atoms with Crippen LogP contribution in [-0.2, 0) is 11.3 Å². The Morgan fingerprint density at radius 1 is 1.36 bits per heavy atom. The smallest absolute Gasteiger partial charge is 0.0724 e. The van der Waals surface area contributed by atoms with E-state index in [9.17, 15) is 0 Å². The van der Waals surface area contributed by atoms with Crippen molar-refractivity contribution < 1.29 is 4.74 Å². The van der Waals surface area contributed by atoms with E-state index in [4.69, 9.17) is 4.74 Å². The van der Waals surface area contributed by atoms with E-state index in [0.717, 1.165) is 6.61 Å². The van der Waals surface area contributed by atoms with Crippen LogP contribution in [0.2, 0.25) is 0 Å². The van der Waals surface area contributed by atoms with E-state index in [2.05, 4.69) is 48.8 Å². The molecule has 0 aromatic heterocycles. The molecule has 1 aromatic rings. The van der Waals surface area contributed by atoms with Crippen molar-refractivity contribution in [1.29, 1.82) is 0 Å². The summed E-state index contributed by atoms with van der Waals surface area (Å²) in [4.78, 5) is 0. The van der Waals surface area contributed by atoms with Crippen molar-refractivity contribution in [2.24, 2.45) is 0 Å². The summed E-state index contributed by atoms with van der Waals surface area (Å²) in [7, 11) is 0. The topological polar surface area (TPSA) is 9.23 Å². The Hall–Kier alpha value is -0.340. The van der Waals surface area contributed by atoms with Gasteiger partial charge < -0.3 is 4.74 Å². The fraction of sp³-hybridized carbons (Fsp3) is 0.500. The van der Waals surface area contributed by atoms with Gasteiger partial charge in [-0.2, -0.15) is 0 Å². The summed E-state index contributed by atoms with van der Waals surface area (Å²) in [6.45, 7) is 7.23. The molecule has 0 fully saturated rings. The Morgan fingerprint density at radius 3 is 2.79 bits per heavy atom. The molecule has 1 heterocycles. The highest BCUT2D eigenvalue weighted by Crippen LogP contribution is 2.36. The van der Waals surface area contributed by atoms with Gasteiger partial charge >= 0.3 is 0 Å². The lowest BCUT2D eigenvalue weighted by molar-refractivity contribution is 0.0239. The van der Waals surface area contributed by atoms with E-state index in [0.29, 0.717) is 12.0 Å². The molecule has 0 saturated carbocycles. The molecule has 2 heteroatoms. The third-order valence-electron chi connectivity index (χ3n) is 3.02. The molecule has 0 aliphatic carbocycles. The Labute approximate surface area is 93.6 Å². The van der Waals surface area contributed by atoms with Gasteiger partial charge in [-0.1, -0.05) is 28.9 Å². The monoisotopic (exact) mass is 254 g/mol. The van der Waals surface area contributed by atoms with E-state index in [1.807, 2.05) is 0 Å². The predicted molar refractivity (Wildman–Crippen MR) is 61.5 cm³/mol. The van der Waals surface area contributed by atoms with Crippen LogP contribution in [0.25, 0.3) is 0 Å². The third-order valence-corrected chi connectivity index (χ3v) is 3.68. The molecule has 0 amide bonds. The first-order chi connectivity index (χ1) is 6.59. The second-order valence-electron chi connectivity index (χ2n) is 4.12. The van der Waals surface area contributed by atoms with E-state index in [1.165, 1.54) is 21.2 Å². The molecule has 1 aromatic carbocycles. The molecule has 0 radical (unpaired) electrons. The van der Waals surface area contributed by atoms with Crippen molar-refractivity contribution in [3.63, 3.8) is 0 Å². The molecule has 0 saturated heterocycles. The van der Waals surface area contributed by atoms with Crippen LogP contribution in [-0.4, -0.2) is 6.10 Å². The molecule has 1 nitrogen and oxygen atoms in total. The Balaban J connectivity index is 2.54. The number of halogens is 1. The quantitative estimate of drug-likeness (QED) is 0.685. The zero-order chi connectivity index (χ0) is 10.3. The number of ether oxygens (including phenoxy) is 1. The molecular formula is C12H15BrO. The van der Waals surface area contributed by atoms with Crippen LogP contribution < -0.4 is 0 Å². The van der Waals surface area contributed by atoms with Crippen LogP contribution in [0.3, 0.4) is 0 Å². The maximum Gasteiger partial charge on any atom is 0.0724 e. The summed E-state index contributed by atoms with van der Waals surface area (Å²) in [6.07, 6.45) is 0.321. The summed E-state index contributed by atoms with van der Waals surface area (Å²) in [5.41, 5.74) is 4.05. The van der Waals surface area contributed by atoms with E-state index < -0.39 is 0 Å². The Bertz CT molecular complexity index is 360. The van der Waals surface area contributed by atoms with Gasteiger partial charge in [0.05, 0.1) is 12.7 Å². The highest BCUT2D eigenvalue weighted by atomic mass is 79.9. The summed E-state index contributed by atoms with van der Waals surface area (Å²) in [6, 6.07) is 4.41. The second kappa shape index (κ2) is 3.67. The first-order valence-corrected chi connectivity index (χ1v) is 5.79. The van der Waals surface area contributed by atoms with Crippen molar-refractivity contribution in [1.82, 2.24) is 0 Å². The molecule has 1 unspecified atom stereocenters. The van der Waals surface area contributed by atoms with Crippen molar-refractivity contribution in [2.75, 3.05) is 0 Å². The zero-order valence-corrected chi connectivity index (χ0v) is 10.4. The molecule has 0 bridgehead atoms. The number of hydrogen-bond donors (Lipinski definition) is 0. The van der Waals surface area contributed by atoms with Crippen LogP contribution in [0.1, 0.15) is 36.5 Å². The molecule has 2 atom stereocenters. The molecule has 0 spiro atoms. The number of aryl methyl sites for hydroxylation is 1. The van der Waals surface area contributed by atoms with Crippen LogP contribution in [0.4, 0.5) is 0 Å². The van der Waals surface area contributed by atoms with E-state index >= 15 is 0 Å². The zero-order valence-electron chi connectivity index (χ0n) is 8.80. The number of fused-ring (bicyclic) bond motifs is 1. The summed E-state index contributed by atoms with van der Waals surface area (Å²) < 4.78 is 6.94. The van der Waals surface area contributed by atoms with Crippen molar-refractivity contribution in [3.8, 4) is 0 Å². The van der Waals surface area contributed by atoms with Crippen LogP contribution in [0.15, 0.2) is 16.6 Å². The van der Waals surface area contributed by atoms with Gasteiger partial charge in [-0.05, 0) is 36.6 Å². The van der Waals surface area contributed by atoms with Gasteiger partial charge in [-0.15, -0.1) is 0 Å². The normalized spacial score (nSPS) is 26.0. The van der Waals surface area contributed by atoms with Gasteiger partial charge in [0.25, 0.3) is 0 Å². The minimum absolute atomic E-state index is 0.321. The maximum absolute atomic E-state index is 5.71. The third kappa shape index (κ3) is 1.61. The average Bonchev–Trinajstić information content (AvgIpc) is 2.10. The second-order valence-corrected chi connectivity index (χ2v) is 4.98. The van der Waals surface area contributed by atoms with Crippen LogP contribution in [0.5, 0.6) is 0 Å². The maximum atomic E-state index is 5.71. The van der Waals surface area contributed by atoms with E-state index in [-0.39, 0.29) is 0 Å². The summed E-state index contributed by atoms with van der Waals surface area (Å²) in [5, 5.41) is 0. The lowest BCUT2D eigenvalue weighted by Gasteiger charge is -2.30. The minimum Gasteiger partial charge on any atom is -0.373 e. The lowest BCUT2D eigenvalue weighted by atomic mass is 9.89. The summed E-state index contributed by atoms with van der Waals surface area (Å²) in [5.74, 6) is 0.480. The van der Waals surface area contributed by atoms with Crippen molar-refractivity contribution in [2.45, 2.75) is 39.4 Å². The highest BCUT2D eigenvalue weighted by Gasteiger charge is 2.25. The lowest BCUT2D eigenvalue weighted by Crippen LogP contribution is -2.23. The standard InChI is InChI=1S/C12H15BrO/c1-7-4-10-6-14-9(3)8(2)12(10)11(13)5-7/h4-5,8-9H,6H2,1-3H3/t8?,9-/m1/s1. The number of rotatable bonds is 0. The molecule has 76 valence electrons. The fourth-order valence-electron chi connectivity index (χ4n) is 2.05. The van der Waals surface area contributed by atoms with Crippen LogP contribution >= 0.6 is 15.9 Å². The minimum atomic E-state index is 0.321. The molecule has 1 aliphatic rings. The SMILES string of the molecule is Cc1cc(Br)c2c(c1)CO[C@H](C)C2C. The van der Waals surface area contributed by atoms with Gasteiger partial charge in [0.15, 0.2) is 0 Å². The van der Waals surface area contributed by atoms with Gasteiger partial charge in [-0.25, -0.2) is 0 Å². The van der Waals surface area contributed by atoms with Gasteiger partial charge in [0.1, 0.15) is 0 Å². The molecule has 2 rings (SSSR count). The molecular weight excluding hydrogens is 240 g/mol. The van der Waals surface area contributed by atoms with Gasteiger partial charge in [-0.3, -0.25) is 0 Å². The fourth-order valence-corrected chi connectivity index (χ4v) is 3.03. The van der Waals surface area contributed by atoms with Gasteiger partial charge in [0, 0.05) is 10.4 Å². The number of benzene rings is 1. The molecule has 1 aliphatic heterocycles. The molecule has 14 heavy (non-hydrogen) atoms. The van der Waals surface area contributed by atoms with Crippen LogP contribution in [0, 0.1) is 6.92 Å². The van der Waals surface area contributed by atoms with E-state index in [1.54, 1.807) is 0 Å². The predicted octanol–water partition coefficient (Wildman–Crippen LogP) is 3.78. The largest absolute Gasteiger partial charge is 0.373 e. The molecule has 0 N–H and O–H groups in total. The summed E-state index contributed by atoms with van der Waals surface area (Å²) >= 11 is 3.65. The Kier molecular flexibility index (Phi) is 2.67. The first kappa shape index (κ1) is 10.2. The van der Waals surface area contributed by atoms with Crippen molar-refractivity contribution >= 4 is 15.9 Å². The number of hydrogen-bond acceptors (Lipinski definition) is 1. The van der Waals surface area contributed by atoms with Gasteiger partial charge in [0.2, 0.25) is 0 Å². The van der Waals surface area contributed by atoms with Crippen molar-refractivity contribution in [3.05, 3.63) is 33.3 Å². The average molecular weight is 255 g/mol. The Morgan fingerprint density at radius 2 is 2.07 bits per heavy atom. The first-order valence-electron chi connectivity index (χ1n) is 5.00. The highest BCUT2D eigenvalue weighted by molar-refractivity contribution is 9.10.